The lowest BCUT2D eigenvalue weighted by Crippen LogP contribution is -2.50. The van der Waals surface area contributed by atoms with Crippen LogP contribution in [0.15, 0.2) is 12.3 Å². The number of amides is 1. The topological polar surface area (TPSA) is 58.1 Å². The standard InChI is InChI=1S/C16H24N4O/c1-11(15-5-3-4-8-20(15)2)18-16(21)14-9-13(10-17-19-14)12-6-7-12/h9-12,15H,3-8H2,1-2H3,(H,18,21). The predicted octanol–water partition coefficient (Wildman–Crippen LogP) is 1.96. The van der Waals surface area contributed by atoms with Gasteiger partial charge in [-0.2, -0.15) is 5.10 Å². The van der Waals surface area contributed by atoms with Gasteiger partial charge in [-0.05, 0) is 63.7 Å². The molecular formula is C16H24N4O. The van der Waals surface area contributed by atoms with Crippen LogP contribution in [-0.2, 0) is 0 Å². The molecule has 114 valence electrons. The number of hydrogen-bond donors (Lipinski definition) is 1. The van der Waals surface area contributed by atoms with Gasteiger partial charge in [0.1, 0.15) is 0 Å². The van der Waals surface area contributed by atoms with Crippen molar-refractivity contribution < 1.29 is 4.79 Å². The Bertz CT molecular complexity index is 515. The maximum Gasteiger partial charge on any atom is 0.272 e. The molecule has 5 heteroatoms. The molecule has 1 saturated carbocycles. The van der Waals surface area contributed by atoms with E-state index in [2.05, 4.69) is 34.4 Å². The van der Waals surface area contributed by atoms with Gasteiger partial charge in [-0.25, -0.2) is 0 Å². The van der Waals surface area contributed by atoms with Gasteiger partial charge in [0.25, 0.3) is 5.91 Å². The second kappa shape index (κ2) is 6.10. The first-order chi connectivity index (χ1) is 10.1. The second-order valence-electron chi connectivity index (χ2n) is 6.45. The Kier molecular flexibility index (Phi) is 4.19. The van der Waals surface area contributed by atoms with Gasteiger partial charge in [0.05, 0.1) is 6.20 Å². The van der Waals surface area contributed by atoms with E-state index in [1.165, 1.54) is 25.7 Å². The zero-order chi connectivity index (χ0) is 14.8. The predicted molar refractivity (Wildman–Crippen MR) is 81.2 cm³/mol. The van der Waals surface area contributed by atoms with Crippen molar-refractivity contribution in [2.24, 2.45) is 0 Å². The van der Waals surface area contributed by atoms with E-state index in [9.17, 15) is 4.79 Å². The minimum absolute atomic E-state index is 0.100. The molecule has 3 rings (SSSR count). The van der Waals surface area contributed by atoms with Crippen molar-refractivity contribution in [3.05, 3.63) is 23.5 Å². The molecular weight excluding hydrogens is 264 g/mol. The summed E-state index contributed by atoms with van der Waals surface area (Å²) in [5.41, 5.74) is 1.60. The summed E-state index contributed by atoms with van der Waals surface area (Å²) >= 11 is 0. The number of piperidine rings is 1. The fourth-order valence-electron chi connectivity index (χ4n) is 3.24. The van der Waals surface area contributed by atoms with Crippen LogP contribution >= 0.6 is 0 Å². The summed E-state index contributed by atoms with van der Waals surface area (Å²) in [6, 6.07) is 2.45. The first-order valence-electron chi connectivity index (χ1n) is 7.99. The summed E-state index contributed by atoms with van der Waals surface area (Å²) in [6.45, 7) is 3.20. The number of carbonyl (C=O) groups is 1. The van der Waals surface area contributed by atoms with Crippen molar-refractivity contribution in [2.45, 2.75) is 57.0 Å². The van der Waals surface area contributed by atoms with Gasteiger partial charge in [0.15, 0.2) is 5.69 Å². The highest BCUT2D eigenvalue weighted by Crippen LogP contribution is 2.39. The first kappa shape index (κ1) is 14.4. The summed E-state index contributed by atoms with van der Waals surface area (Å²) < 4.78 is 0. The minimum Gasteiger partial charge on any atom is -0.347 e. The van der Waals surface area contributed by atoms with E-state index < -0.39 is 0 Å². The van der Waals surface area contributed by atoms with Crippen LogP contribution in [-0.4, -0.2) is 46.7 Å². The maximum atomic E-state index is 12.4. The van der Waals surface area contributed by atoms with E-state index in [0.717, 1.165) is 18.5 Å². The Morgan fingerprint density at radius 1 is 1.38 bits per heavy atom. The van der Waals surface area contributed by atoms with E-state index in [1.54, 1.807) is 6.20 Å². The molecule has 1 aromatic rings. The monoisotopic (exact) mass is 288 g/mol. The lowest BCUT2D eigenvalue weighted by molar-refractivity contribution is 0.0878. The number of nitrogens with one attached hydrogen (secondary N) is 1. The number of rotatable bonds is 4. The normalized spacial score (nSPS) is 24.6. The van der Waals surface area contributed by atoms with Crippen LogP contribution in [0.4, 0.5) is 0 Å². The molecule has 2 atom stereocenters. The molecule has 1 aliphatic heterocycles. The average Bonchev–Trinajstić information content (AvgIpc) is 3.32. The molecule has 0 spiro atoms. The maximum absolute atomic E-state index is 12.4. The molecule has 1 aliphatic carbocycles. The van der Waals surface area contributed by atoms with Gasteiger partial charge in [-0.3, -0.25) is 4.79 Å². The number of likely N-dealkylation sites (tertiary alicyclic amines) is 1. The molecule has 0 aromatic carbocycles. The minimum atomic E-state index is -0.100. The van der Waals surface area contributed by atoms with Crippen LogP contribution in [0.25, 0.3) is 0 Å². The lowest BCUT2D eigenvalue weighted by atomic mass is 9.97. The zero-order valence-electron chi connectivity index (χ0n) is 12.9. The Hall–Kier alpha value is -1.49. The molecule has 5 nitrogen and oxygen atoms in total. The average molecular weight is 288 g/mol. The Balaban J connectivity index is 1.63. The van der Waals surface area contributed by atoms with Gasteiger partial charge in [-0.15, -0.1) is 5.10 Å². The number of nitrogens with zero attached hydrogens (tertiary/aromatic N) is 3. The van der Waals surface area contributed by atoms with E-state index in [4.69, 9.17) is 0 Å². The van der Waals surface area contributed by atoms with Crippen molar-refractivity contribution >= 4 is 5.91 Å². The zero-order valence-corrected chi connectivity index (χ0v) is 12.9. The quantitative estimate of drug-likeness (QED) is 0.920. The molecule has 1 N–H and O–H groups in total. The third-order valence-electron chi connectivity index (χ3n) is 4.72. The Morgan fingerprint density at radius 2 is 2.19 bits per heavy atom. The van der Waals surface area contributed by atoms with Gasteiger partial charge in [-0.1, -0.05) is 6.42 Å². The summed E-state index contributed by atoms with van der Waals surface area (Å²) in [4.78, 5) is 14.7. The molecule has 0 bridgehead atoms. The van der Waals surface area contributed by atoms with Crippen molar-refractivity contribution in [3.63, 3.8) is 0 Å². The summed E-state index contributed by atoms with van der Waals surface area (Å²) in [5.74, 6) is 0.491. The fraction of sp³-hybridized carbons (Fsp3) is 0.688. The summed E-state index contributed by atoms with van der Waals surface area (Å²) in [7, 11) is 2.14. The van der Waals surface area contributed by atoms with Crippen molar-refractivity contribution in [1.29, 1.82) is 0 Å². The highest BCUT2D eigenvalue weighted by molar-refractivity contribution is 5.92. The molecule has 2 unspecified atom stereocenters. The molecule has 0 radical (unpaired) electrons. The molecule has 2 fully saturated rings. The van der Waals surface area contributed by atoms with Gasteiger partial charge in [0.2, 0.25) is 0 Å². The molecule has 21 heavy (non-hydrogen) atoms. The first-order valence-corrected chi connectivity index (χ1v) is 7.99. The van der Waals surface area contributed by atoms with E-state index in [0.29, 0.717) is 17.7 Å². The van der Waals surface area contributed by atoms with Gasteiger partial charge in [0, 0.05) is 12.1 Å². The van der Waals surface area contributed by atoms with E-state index in [-0.39, 0.29) is 11.9 Å². The Labute approximate surface area is 126 Å². The number of hydrogen-bond acceptors (Lipinski definition) is 4. The highest BCUT2D eigenvalue weighted by Gasteiger charge is 2.28. The van der Waals surface area contributed by atoms with Crippen molar-refractivity contribution in [1.82, 2.24) is 20.4 Å². The van der Waals surface area contributed by atoms with Gasteiger partial charge < -0.3 is 10.2 Å². The second-order valence-corrected chi connectivity index (χ2v) is 6.45. The van der Waals surface area contributed by atoms with Crippen molar-refractivity contribution in [3.8, 4) is 0 Å². The molecule has 2 heterocycles. The summed E-state index contributed by atoms with van der Waals surface area (Å²) in [5, 5.41) is 11.1. The number of carbonyl (C=O) groups excluding carboxylic acids is 1. The molecule has 1 saturated heterocycles. The van der Waals surface area contributed by atoms with Gasteiger partial charge >= 0.3 is 0 Å². The third kappa shape index (κ3) is 3.40. The third-order valence-corrected chi connectivity index (χ3v) is 4.72. The van der Waals surface area contributed by atoms with Crippen molar-refractivity contribution in [2.75, 3.05) is 13.6 Å². The van der Waals surface area contributed by atoms with Crippen LogP contribution in [0, 0.1) is 0 Å². The van der Waals surface area contributed by atoms with Crippen LogP contribution < -0.4 is 5.32 Å². The van der Waals surface area contributed by atoms with Crippen LogP contribution in [0.3, 0.4) is 0 Å². The number of likely N-dealkylation sites (N-methyl/N-ethyl adjacent to an activating group) is 1. The van der Waals surface area contributed by atoms with Crippen LogP contribution in [0.5, 0.6) is 0 Å². The highest BCUT2D eigenvalue weighted by atomic mass is 16.2. The van der Waals surface area contributed by atoms with Crippen LogP contribution in [0.1, 0.15) is 61.0 Å². The largest absolute Gasteiger partial charge is 0.347 e. The Morgan fingerprint density at radius 3 is 2.90 bits per heavy atom. The SMILES string of the molecule is CC(NC(=O)c1cc(C2CC2)cnn1)C1CCCCN1C. The van der Waals surface area contributed by atoms with E-state index in [1.807, 2.05) is 6.07 Å². The smallest absolute Gasteiger partial charge is 0.272 e. The van der Waals surface area contributed by atoms with E-state index >= 15 is 0 Å². The fourth-order valence-corrected chi connectivity index (χ4v) is 3.24. The number of aromatic nitrogens is 2. The molecule has 2 aliphatic rings. The lowest BCUT2D eigenvalue weighted by Gasteiger charge is -2.36. The molecule has 1 amide bonds. The molecule has 1 aromatic heterocycles. The summed E-state index contributed by atoms with van der Waals surface area (Å²) in [6.07, 6.45) is 7.83. The van der Waals surface area contributed by atoms with Crippen LogP contribution in [0.2, 0.25) is 0 Å².